The topological polar surface area (TPSA) is 107 Å². The Bertz CT molecular complexity index is 1110. The van der Waals surface area contributed by atoms with Gasteiger partial charge in [0.25, 0.3) is 5.91 Å². The lowest BCUT2D eigenvalue weighted by molar-refractivity contribution is -0.139. The molecule has 2 bridgehead atoms. The minimum atomic E-state index is -0.698. The van der Waals surface area contributed by atoms with Crippen molar-refractivity contribution in [2.45, 2.75) is 24.5 Å². The molecule has 0 spiro atoms. The predicted molar refractivity (Wildman–Crippen MR) is 101 cm³/mol. The van der Waals surface area contributed by atoms with Gasteiger partial charge in [0.2, 0.25) is 5.91 Å². The highest BCUT2D eigenvalue weighted by molar-refractivity contribution is 6.25. The number of piperazine rings is 1. The summed E-state index contributed by atoms with van der Waals surface area (Å²) in [5.41, 5.74) is 0.596. The van der Waals surface area contributed by atoms with Crippen molar-refractivity contribution in [3.63, 3.8) is 0 Å². The summed E-state index contributed by atoms with van der Waals surface area (Å²) in [7, 11) is 1.45. The predicted octanol–water partition coefficient (Wildman–Crippen LogP) is 0.873. The van der Waals surface area contributed by atoms with Crippen LogP contribution >= 0.6 is 0 Å². The number of aromatic nitrogens is 1. The van der Waals surface area contributed by atoms with Gasteiger partial charge in [-0.05, 0) is 6.42 Å². The Labute approximate surface area is 166 Å². The highest BCUT2D eigenvalue weighted by atomic mass is 16.5. The van der Waals surface area contributed by atoms with Gasteiger partial charge in [0.15, 0.2) is 0 Å². The molecule has 3 atom stereocenters. The smallest absolute Gasteiger partial charge is 0.332 e. The van der Waals surface area contributed by atoms with Gasteiger partial charge < -0.3 is 14.5 Å². The van der Waals surface area contributed by atoms with Crippen LogP contribution in [0.2, 0.25) is 0 Å². The largest absolute Gasteiger partial charge is 0.375 e. The van der Waals surface area contributed by atoms with Crippen molar-refractivity contribution >= 4 is 34.3 Å². The fourth-order valence-corrected chi connectivity index (χ4v) is 4.82. The molecule has 0 radical (unpaired) electrons. The number of benzene rings is 1. The fraction of sp³-hybridized carbons (Fsp3) is 0.350. The SMILES string of the molecule is COCC(=O)N1C[C@H]2CC1C1C(=O)N(c3cnc(C#N)c4ccccc34)C(=O)N12. The Hall–Kier alpha value is -3.51. The molecule has 0 N–H and O–H groups in total. The van der Waals surface area contributed by atoms with E-state index in [4.69, 9.17) is 4.74 Å². The van der Waals surface area contributed by atoms with Crippen LogP contribution < -0.4 is 4.90 Å². The maximum atomic E-state index is 13.3. The number of imide groups is 1. The first-order chi connectivity index (χ1) is 14.1. The van der Waals surface area contributed by atoms with Crippen molar-refractivity contribution in [2.24, 2.45) is 0 Å². The van der Waals surface area contributed by atoms with Gasteiger partial charge in [-0.2, -0.15) is 5.26 Å². The molecule has 3 aliphatic rings. The number of anilines is 1. The molecule has 3 fully saturated rings. The lowest BCUT2D eigenvalue weighted by atomic mass is 10.1. The normalized spacial score (nSPS) is 25.1. The van der Waals surface area contributed by atoms with Crippen molar-refractivity contribution < 1.29 is 19.1 Å². The first-order valence-electron chi connectivity index (χ1n) is 9.29. The number of likely N-dealkylation sites (tertiary alicyclic amines) is 1. The van der Waals surface area contributed by atoms with Gasteiger partial charge in [-0.25, -0.2) is 14.7 Å². The average molecular weight is 391 g/mol. The second-order valence-electron chi connectivity index (χ2n) is 7.39. The summed E-state index contributed by atoms with van der Waals surface area (Å²) in [5, 5.41) is 10.5. The van der Waals surface area contributed by atoms with Crippen LogP contribution in [0.3, 0.4) is 0 Å². The molecule has 146 valence electrons. The van der Waals surface area contributed by atoms with Crippen molar-refractivity contribution in [3.05, 3.63) is 36.2 Å². The third kappa shape index (κ3) is 2.29. The van der Waals surface area contributed by atoms with E-state index in [1.165, 1.54) is 13.3 Å². The first kappa shape index (κ1) is 17.6. The maximum Gasteiger partial charge on any atom is 0.332 e. The number of carbonyl (C=O) groups excluding carboxylic acids is 3. The minimum absolute atomic E-state index is 0.0496. The van der Waals surface area contributed by atoms with Gasteiger partial charge in [0.1, 0.15) is 24.4 Å². The Balaban J connectivity index is 1.55. The van der Waals surface area contributed by atoms with Crippen LogP contribution in [0.1, 0.15) is 12.1 Å². The quantitative estimate of drug-likeness (QED) is 0.719. The van der Waals surface area contributed by atoms with Gasteiger partial charge in [0.05, 0.1) is 24.0 Å². The summed E-state index contributed by atoms with van der Waals surface area (Å²) in [6.45, 7) is 0.356. The zero-order chi connectivity index (χ0) is 20.3. The Kier molecular flexibility index (Phi) is 3.79. The number of nitrogens with zero attached hydrogens (tertiary/aromatic N) is 5. The number of hydrogen-bond acceptors (Lipinski definition) is 6. The maximum absolute atomic E-state index is 13.3. The second kappa shape index (κ2) is 6.25. The van der Waals surface area contributed by atoms with Crippen LogP contribution in [0.5, 0.6) is 0 Å². The standard InChI is InChI=1S/C20H17N5O4/c1-29-10-17(26)23-9-11-6-15(23)18-19(27)25(20(28)24(11)18)16-8-22-14(7-21)12-4-2-3-5-13(12)16/h2-5,8,11,15,18H,6,9-10H2,1H3/t11-,15?,18?/m1/s1. The van der Waals surface area contributed by atoms with Crippen LogP contribution in [0, 0.1) is 11.3 Å². The monoisotopic (exact) mass is 391 g/mol. The number of amides is 4. The van der Waals surface area contributed by atoms with Crippen LogP contribution in [0.4, 0.5) is 10.5 Å². The van der Waals surface area contributed by atoms with Crippen LogP contribution in [0.25, 0.3) is 10.8 Å². The van der Waals surface area contributed by atoms with E-state index in [0.717, 1.165) is 4.90 Å². The van der Waals surface area contributed by atoms with Crippen LogP contribution in [0.15, 0.2) is 30.5 Å². The second-order valence-corrected chi connectivity index (χ2v) is 7.39. The van der Waals surface area contributed by atoms with E-state index in [-0.39, 0.29) is 36.2 Å². The molecule has 1 aromatic heterocycles. The molecule has 0 aliphatic carbocycles. The number of urea groups is 1. The molecule has 3 saturated heterocycles. The molecule has 5 rings (SSSR count). The Morgan fingerprint density at radius 1 is 1.31 bits per heavy atom. The summed E-state index contributed by atoms with van der Waals surface area (Å²) < 4.78 is 4.94. The summed E-state index contributed by atoms with van der Waals surface area (Å²) in [4.78, 5) is 47.4. The number of ether oxygens (including phenoxy) is 1. The summed E-state index contributed by atoms with van der Waals surface area (Å²) in [6, 6.07) is 7.47. The van der Waals surface area contributed by atoms with E-state index >= 15 is 0 Å². The molecule has 3 aliphatic heterocycles. The highest BCUT2D eigenvalue weighted by Gasteiger charge is 2.63. The van der Waals surface area contributed by atoms with Gasteiger partial charge in [-0.3, -0.25) is 9.59 Å². The fourth-order valence-electron chi connectivity index (χ4n) is 4.82. The molecule has 9 nitrogen and oxygen atoms in total. The zero-order valence-corrected chi connectivity index (χ0v) is 15.6. The molecule has 4 amide bonds. The summed E-state index contributed by atoms with van der Waals surface area (Å²) in [6.07, 6.45) is 1.99. The Morgan fingerprint density at radius 2 is 2.07 bits per heavy atom. The Morgan fingerprint density at radius 3 is 2.79 bits per heavy atom. The number of pyridine rings is 1. The molecule has 4 heterocycles. The van der Waals surface area contributed by atoms with Gasteiger partial charge in [-0.15, -0.1) is 0 Å². The number of carbonyl (C=O) groups is 3. The third-order valence-electron chi connectivity index (χ3n) is 5.97. The van der Waals surface area contributed by atoms with Crippen molar-refractivity contribution in [1.82, 2.24) is 14.8 Å². The number of nitriles is 1. The molecule has 9 heteroatoms. The lowest BCUT2D eigenvalue weighted by Gasteiger charge is -2.34. The number of hydrogen-bond donors (Lipinski definition) is 0. The minimum Gasteiger partial charge on any atom is -0.375 e. The molecule has 29 heavy (non-hydrogen) atoms. The molecule has 1 aromatic carbocycles. The van der Waals surface area contributed by atoms with E-state index < -0.39 is 12.1 Å². The number of fused-ring (bicyclic) bond motifs is 6. The lowest BCUT2D eigenvalue weighted by Crippen LogP contribution is -2.55. The van der Waals surface area contributed by atoms with E-state index in [1.54, 1.807) is 34.1 Å². The van der Waals surface area contributed by atoms with Crippen molar-refractivity contribution in [3.8, 4) is 6.07 Å². The summed E-state index contributed by atoms with van der Waals surface area (Å²) >= 11 is 0. The van der Waals surface area contributed by atoms with Gasteiger partial charge in [0, 0.05) is 24.4 Å². The van der Waals surface area contributed by atoms with E-state index in [0.29, 0.717) is 29.4 Å². The molecular weight excluding hydrogens is 374 g/mol. The molecule has 2 aromatic rings. The van der Waals surface area contributed by atoms with Crippen molar-refractivity contribution in [2.75, 3.05) is 25.2 Å². The summed E-state index contributed by atoms with van der Waals surface area (Å²) in [5.74, 6) is -0.544. The molecule has 2 unspecified atom stereocenters. The van der Waals surface area contributed by atoms with Gasteiger partial charge >= 0.3 is 6.03 Å². The van der Waals surface area contributed by atoms with Crippen LogP contribution in [-0.2, 0) is 14.3 Å². The zero-order valence-electron chi connectivity index (χ0n) is 15.6. The van der Waals surface area contributed by atoms with E-state index in [2.05, 4.69) is 4.98 Å². The van der Waals surface area contributed by atoms with Gasteiger partial charge in [-0.1, -0.05) is 24.3 Å². The van der Waals surface area contributed by atoms with Crippen molar-refractivity contribution in [1.29, 1.82) is 5.26 Å². The van der Waals surface area contributed by atoms with Crippen LogP contribution in [-0.4, -0.2) is 71.0 Å². The molecule has 0 saturated carbocycles. The third-order valence-corrected chi connectivity index (χ3v) is 5.97. The average Bonchev–Trinajstić information content (AvgIpc) is 3.39. The number of methoxy groups -OCH3 is 1. The van der Waals surface area contributed by atoms with E-state index in [1.807, 2.05) is 6.07 Å². The highest BCUT2D eigenvalue weighted by Crippen LogP contribution is 2.43. The van der Waals surface area contributed by atoms with E-state index in [9.17, 15) is 19.6 Å². The molecular formula is C20H17N5O4. The number of rotatable bonds is 3. The first-order valence-corrected chi connectivity index (χ1v) is 9.29.